The molecule has 0 aromatic carbocycles. The number of ether oxygens (including phenoxy) is 1. The van der Waals surface area contributed by atoms with Crippen LogP contribution in [0.3, 0.4) is 0 Å². The molecule has 0 spiro atoms. The Kier molecular flexibility index (Phi) is 5.65. The summed E-state index contributed by atoms with van der Waals surface area (Å²) in [6.45, 7) is 10.1. The van der Waals surface area contributed by atoms with Gasteiger partial charge in [-0.3, -0.25) is 0 Å². The van der Waals surface area contributed by atoms with Gasteiger partial charge in [0, 0.05) is 12.6 Å². The van der Waals surface area contributed by atoms with Gasteiger partial charge < -0.3 is 15.8 Å². The van der Waals surface area contributed by atoms with E-state index in [0.29, 0.717) is 12.5 Å². The zero-order chi connectivity index (χ0) is 12.1. The quantitative estimate of drug-likeness (QED) is 0.754. The predicted octanol–water partition coefficient (Wildman–Crippen LogP) is 1.88. The van der Waals surface area contributed by atoms with Crippen LogP contribution in [0, 0.1) is 5.92 Å². The van der Waals surface area contributed by atoms with E-state index in [1.807, 2.05) is 20.8 Å². The molecular weight excluding hydrogens is 192 g/mol. The Hall–Kier alpha value is -0.770. The molecule has 0 rings (SSSR count). The summed E-state index contributed by atoms with van der Waals surface area (Å²) in [5, 5.41) is 2.67. The van der Waals surface area contributed by atoms with E-state index in [1.165, 1.54) is 0 Å². The van der Waals surface area contributed by atoms with Crippen LogP contribution in [0.4, 0.5) is 4.79 Å². The summed E-state index contributed by atoms with van der Waals surface area (Å²) < 4.78 is 5.10. The minimum absolute atomic E-state index is 0.0116. The fourth-order valence-electron chi connectivity index (χ4n) is 1.02. The predicted molar refractivity (Wildman–Crippen MR) is 61.7 cm³/mol. The number of nitrogens with one attached hydrogen (secondary N) is 1. The van der Waals surface area contributed by atoms with E-state index in [2.05, 4.69) is 19.2 Å². The van der Waals surface area contributed by atoms with Crippen LogP contribution in [-0.4, -0.2) is 24.3 Å². The maximum absolute atomic E-state index is 11.3. The third-order valence-electron chi connectivity index (χ3n) is 2.26. The second-order valence-corrected chi connectivity index (χ2v) is 4.93. The minimum atomic E-state index is -0.454. The van der Waals surface area contributed by atoms with Gasteiger partial charge in [0.05, 0.1) is 0 Å². The minimum Gasteiger partial charge on any atom is -0.444 e. The van der Waals surface area contributed by atoms with E-state index < -0.39 is 11.7 Å². The van der Waals surface area contributed by atoms with Crippen molar-refractivity contribution in [1.82, 2.24) is 5.32 Å². The fraction of sp³-hybridized carbons (Fsp3) is 0.909. The standard InChI is InChI=1S/C11H24N2O2/c1-6-8(2)9(12)7-13-10(14)15-11(3,4)5/h8-9H,6-7,12H2,1-5H3,(H,13,14). The molecule has 0 saturated carbocycles. The summed E-state index contributed by atoms with van der Waals surface area (Å²) in [6.07, 6.45) is 0.609. The van der Waals surface area contributed by atoms with Gasteiger partial charge in [-0.15, -0.1) is 0 Å². The molecule has 0 aliphatic rings. The molecule has 2 atom stereocenters. The lowest BCUT2D eigenvalue weighted by Gasteiger charge is -2.22. The Morgan fingerprint density at radius 1 is 1.47 bits per heavy atom. The first-order valence-corrected chi connectivity index (χ1v) is 5.48. The highest BCUT2D eigenvalue weighted by Gasteiger charge is 2.17. The zero-order valence-corrected chi connectivity index (χ0v) is 10.5. The second-order valence-electron chi connectivity index (χ2n) is 4.93. The van der Waals surface area contributed by atoms with Crippen molar-refractivity contribution in [2.75, 3.05) is 6.54 Å². The van der Waals surface area contributed by atoms with Crippen molar-refractivity contribution in [1.29, 1.82) is 0 Å². The molecule has 0 radical (unpaired) electrons. The van der Waals surface area contributed by atoms with E-state index >= 15 is 0 Å². The normalized spacial score (nSPS) is 15.6. The van der Waals surface area contributed by atoms with Crippen LogP contribution >= 0.6 is 0 Å². The van der Waals surface area contributed by atoms with Crippen LogP contribution in [0.25, 0.3) is 0 Å². The molecule has 0 heterocycles. The lowest BCUT2D eigenvalue weighted by atomic mass is 10.0. The first kappa shape index (κ1) is 14.2. The SMILES string of the molecule is CCC(C)C(N)CNC(=O)OC(C)(C)C. The molecule has 0 bridgehead atoms. The maximum Gasteiger partial charge on any atom is 0.407 e. The van der Waals surface area contributed by atoms with Crippen molar-refractivity contribution in [2.45, 2.75) is 52.7 Å². The maximum atomic E-state index is 11.3. The van der Waals surface area contributed by atoms with Crippen LogP contribution in [0.2, 0.25) is 0 Å². The molecule has 0 aromatic heterocycles. The van der Waals surface area contributed by atoms with Crippen molar-refractivity contribution in [3.8, 4) is 0 Å². The zero-order valence-electron chi connectivity index (χ0n) is 10.5. The van der Waals surface area contributed by atoms with E-state index in [1.54, 1.807) is 0 Å². The van der Waals surface area contributed by atoms with Crippen molar-refractivity contribution >= 4 is 6.09 Å². The summed E-state index contributed by atoms with van der Waals surface area (Å²) in [5.41, 5.74) is 5.42. The van der Waals surface area contributed by atoms with Crippen LogP contribution < -0.4 is 11.1 Å². The molecule has 0 fully saturated rings. The number of alkyl carbamates (subject to hydrolysis) is 1. The molecule has 1 amide bonds. The number of amides is 1. The van der Waals surface area contributed by atoms with E-state index in [0.717, 1.165) is 6.42 Å². The summed E-state index contributed by atoms with van der Waals surface area (Å²) in [6, 6.07) is -0.0116. The lowest BCUT2D eigenvalue weighted by Crippen LogP contribution is -2.42. The van der Waals surface area contributed by atoms with E-state index in [4.69, 9.17) is 10.5 Å². The van der Waals surface area contributed by atoms with Crippen LogP contribution in [0.5, 0.6) is 0 Å². The monoisotopic (exact) mass is 216 g/mol. The number of hydrogen-bond donors (Lipinski definition) is 2. The van der Waals surface area contributed by atoms with Gasteiger partial charge in [0.2, 0.25) is 0 Å². The molecular formula is C11H24N2O2. The first-order valence-electron chi connectivity index (χ1n) is 5.48. The van der Waals surface area contributed by atoms with Crippen molar-refractivity contribution in [3.05, 3.63) is 0 Å². The largest absolute Gasteiger partial charge is 0.444 e. The number of carbonyl (C=O) groups excluding carboxylic acids is 1. The highest BCUT2D eigenvalue weighted by molar-refractivity contribution is 5.67. The Labute approximate surface area is 92.6 Å². The van der Waals surface area contributed by atoms with Gasteiger partial charge in [-0.25, -0.2) is 4.79 Å². The summed E-state index contributed by atoms with van der Waals surface area (Å²) >= 11 is 0. The molecule has 4 nitrogen and oxygen atoms in total. The molecule has 90 valence electrons. The third kappa shape index (κ3) is 7.19. The van der Waals surface area contributed by atoms with E-state index in [-0.39, 0.29) is 6.04 Å². The number of rotatable bonds is 4. The Bertz CT molecular complexity index is 199. The van der Waals surface area contributed by atoms with Gasteiger partial charge in [0.1, 0.15) is 5.60 Å². The smallest absolute Gasteiger partial charge is 0.407 e. The molecule has 3 N–H and O–H groups in total. The first-order chi connectivity index (χ1) is 6.76. The van der Waals surface area contributed by atoms with Crippen molar-refractivity contribution in [2.24, 2.45) is 11.7 Å². The number of nitrogens with two attached hydrogens (primary N) is 1. The van der Waals surface area contributed by atoms with Crippen LogP contribution in [0.15, 0.2) is 0 Å². The van der Waals surface area contributed by atoms with Gasteiger partial charge in [0.25, 0.3) is 0 Å². The molecule has 0 aliphatic carbocycles. The van der Waals surface area contributed by atoms with Crippen LogP contribution in [0.1, 0.15) is 41.0 Å². The van der Waals surface area contributed by atoms with E-state index in [9.17, 15) is 4.79 Å². The average Bonchev–Trinajstić information content (AvgIpc) is 2.10. The molecule has 4 heteroatoms. The van der Waals surface area contributed by atoms with Gasteiger partial charge in [-0.1, -0.05) is 20.3 Å². The molecule has 0 aromatic rings. The summed E-state index contributed by atoms with van der Waals surface area (Å²) in [5.74, 6) is 0.403. The molecule has 0 aliphatic heterocycles. The highest BCUT2D eigenvalue weighted by Crippen LogP contribution is 2.07. The fourth-order valence-corrected chi connectivity index (χ4v) is 1.02. The number of hydrogen-bond acceptors (Lipinski definition) is 3. The highest BCUT2D eigenvalue weighted by atomic mass is 16.6. The van der Waals surface area contributed by atoms with Gasteiger partial charge >= 0.3 is 6.09 Å². The average molecular weight is 216 g/mol. The number of carbonyl (C=O) groups is 1. The van der Waals surface area contributed by atoms with Crippen LogP contribution in [-0.2, 0) is 4.74 Å². The lowest BCUT2D eigenvalue weighted by molar-refractivity contribution is 0.0521. The van der Waals surface area contributed by atoms with Crippen molar-refractivity contribution < 1.29 is 9.53 Å². The van der Waals surface area contributed by atoms with Gasteiger partial charge in [0.15, 0.2) is 0 Å². The molecule has 2 unspecified atom stereocenters. The Balaban J connectivity index is 3.81. The molecule has 0 saturated heterocycles. The Morgan fingerprint density at radius 2 is 2.00 bits per heavy atom. The summed E-state index contributed by atoms with van der Waals surface area (Å²) in [4.78, 5) is 11.3. The third-order valence-corrected chi connectivity index (χ3v) is 2.26. The van der Waals surface area contributed by atoms with Gasteiger partial charge in [-0.2, -0.15) is 0 Å². The Morgan fingerprint density at radius 3 is 2.40 bits per heavy atom. The summed E-state index contributed by atoms with van der Waals surface area (Å²) in [7, 11) is 0. The molecule has 15 heavy (non-hydrogen) atoms. The van der Waals surface area contributed by atoms with Gasteiger partial charge in [-0.05, 0) is 26.7 Å². The van der Waals surface area contributed by atoms with Crippen molar-refractivity contribution in [3.63, 3.8) is 0 Å². The topological polar surface area (TPSA) is 64.3 Å². The second kappa shape index (κ2) is 5.95.